The van der Waals surface area contributed by atoms with Crippen molar-refractivity contribution in [3.8, 4) is 0 Å². The van der Waals surface area contributed by atoms with E-state index in [1.807, 2.05) is 24.3 Å². The first-order chi connectivity index (χ1) is 11.9. The number of aryl methyl sites for hydroxylation is 2. The van der Waals surface area contributed by atoms with Crippen molar-refractivity contribution in [2.75, 3.05) is 6.54 Å². The summed E-state index contributed by atoms with van der Waals surface area (Å²) in [6, 6.07) is 7.35. The van der Waals surface area contributed by atoms with Gasteiger partial charge in [0.15, 0.2) is 0 Å². The molecule has 25 heavy (non-hydrogen) atoms. The third-order valence-electron chi connectivity index (χ3n) is 4.59. The Labute approximate surface area is 150 Å². The van der Waals surface area contributed by atoms with Crippen LogP contribution in [0.4, 0.5) is 0 Å². The molecule has 132 valence electrons. The van der Waals surface area contributed by atoms with Gasteiger partial charge in [-0.15, -0.1) is 0 Å². The molecule has 2 aromatic heterocycles. The number of nitrogens with one attached hydrogen (secondary N) is 1. The van der Waals surface area contributed by atoms with Gasteiger partial charge in [0.05, 0.1) is 22.8 Å². The lowest BCUT2D eigenvalue weighted by Crippen LogP contribution is -2.31. The van der Waals surface area contributed by atoms with Crippen LogP contribution in [0.15, 0.2) is 29.2 Å². The van der Waals surface area contributed by atoms with E-state index in [-0.39, 0.29) is 16.1 Å². The molecule has 1 fully saturated rings. The van der Waals surface area contributed by atoms with Crippen molar-refractivity contribution in [3.63, 3.8) is 0 Å². The van der Waals surface area contributed by atoms with Gasteiger partial charge in [0.25, 0.3) is 0 Å². The minimum Gasteiger partial charge on any atom is -0.341 e. The molecule has 1 N–H and O–H groups in total. The largest absolute Gasteiger partial charge is 0.341 e. The highest BCUT2D eigenvalue weighted by atomic mass is 35.5. The van der Waals surface area contributed by atoms with Gasteiger partial charge in [-0.1, -0.05) is 23.7 Å². The Bertz CT molecular complexity index is 1020. The second-order valence-corrected chi connectivity index (χ2v) is 8.43. The van der Waals surface area contributed by atoms with Crippen LogP contribution in [-0.4, -0.2) is 39.0 Å². The Balaban J connectivity index is 1.78. The van der Waals surface area contributed by atoms with E-state index in [0.717, 1.165) is 23.9 Å². The second-order valence-electron chi connectivity index (χ2n) is 6.24. The highest BCUT2D eigenvalue weighted by Gasteiger charge is 2.40. The van der Waals surface area contributed by atoms with Gasteiger partial charge in [-0.25, -0.2) is 13.4 Å². The second kappa shape index (κ2) is 5.82. The Kier molecular flexibility index (Phi) is 3.86. The molecule has 3 aromatic rings. The fourth-order valence-electron chi connectivity index (χ4n) is 3.45. The quantitative estimate of drug-likeness (QED) is 0.758. The molecule has 7 nitrogen and oxygen atoms in total. The van der Waals surface area contributed by atoms with E-state index < -0.39 is 10.0 Å². The molecular formula is C16H18ClN5O2S. The number of fused-ring (bicyclic) bond motifs is 1. The van der Waals surface area contributed by atoms with Crippen LogP contribution >= 0.6 is 11.6 Å². The van der Waals surface area contributed by atoms with Crippen molar-refractivity contribution >= 4 is 32.7 Å². The summed E-state index contributed by atoms with van der Waals surface area (Å²) < 4.78 is 29.3. The van der Waals surface area contributed by atoms with Crippen LogP contribution < -0.4 is 0 Å². The molecule has 1 unspecified atom stereocenters. The zero-order chi connectivity index (χ0) is 17.8. The van der Waals surface area contributed by atoms with E-state index in [2.05, 4.69) is 15.1 Å². The monoisotopic (exact) mass is 379 g/mol. The van der Waals surface area contributed by atoms with Gasteiger partial charge in [0.2, 0.25) is 10.0 Å². The number of H-pyrrole nitrogens is 1. The lowest BCUT2D eigenvalue weighted by Gasteiger charge is -2.22. The molecule has 0 radical (unpaired) electrons. The van der Waals surface area contributed by atoms with Crippen molar-refractivity contribution in [2.45, 2.75) is 30.7 Å². The van der Waals surface area contributed by atoms with Crippen molar-refractivity contribution < 1.29 is 8.42 Å². The van der Waals surface area contributed by atoms with Crippen LogP contribution in [-0.2, 0) is 17.1 Å². The fourth-order valence-corrected chi connectivity index (χ4v) is 5.82. The molecule has 0 saturated carbocycles. The van der Waals surface area contributed by atoms with E-state index in [0.29, 0.717) is 18.1 Å². The standard InChI is InChI=1S/C16H18ClN5O2S/c1-10-14(15(17)21(2)20-10)25(23,24)22-9-5-8-13(22)16-18-11-6-3-4-7-12(11)19-16/h3-4,6-7,13H,5,8-9H2,1-2H3,(H,18,19). The molecule has 1 aliphatic rings. The lowest BCUT2D eigenvalue weighted by molar-refractivity contribution is 0.385. The molecule has 1 aromatic carbocycles. The molecule has 1 atom stereocenters. The maximum absolute atomic E-state index is 13.2. The summed E-state index contributed by atoms with van der Waals surface area (Å²) in [7, 11) is -2.12. The fraction of sp³-hybridized carbons (Fsp3) is 0.375. The number of rotatable bonds is 3. The van der Waals surface area contributed by atoms with E-state index in [4.69, 9.17) is 11.6 Å². The van der Waals surface area contributed by atoms with Gasteiger partial charge in [-0.05, 0) is 31.9 Å². The van der Waals surface area contributed by atoms with Crippen LogP contribution in [0, 0.1) is 6.92 Å². The number of halogens is 1. The number of imidazole rings is 1. The van der Waals surface area contributed by atoms with Crippen LogP contribution in [0.1, 0.15) is 30.4 Å². The van der Waals surface area contributed by atoms with E-state index in [1.165, 1.54) is 8.99 Å². The topological polar surface area (TPSA) is 83.9 Å². The summed E-state index contributed by atoms with van der Waals surface area (Å²) in [4.78, 5) is 7.92. The smallest absolute Gasteiger partial charge is 0.248 e. The summed E-state index contributed by atoms with van der Waals surface area (Å²) in [5.74, 6) is 0.667. The van der Waals surface area contributed by atoms with Gasteiger partial charge in [-0.2, -0.15) is 9.40 Å². The van der Waals surface area contributed by atoms with E-state index >= 15 is 0 Å². The number of sulfonamides is 1. The number of nitrogens with zero attached hydrogens (tertiary/aromatic N) is 4. The molecular weight excluding hydrogens is 362 g/mol. The van der Waals surface area contributed by atoms with Crippen LogP contribution in [0.5, 0.6) is 0 Å². The zero-order valence-electron chi connectivity index (χ0n) is 13.9. The number of aromatic amines is 1. The zero-order valence-corrected chi connectivity index (χ0v) is 15.5. The summed E-state index contributed by atoms with van der Waals surface area (Å²) in [5.41, 5.74) is 2.14. The Morgan fingerprint density at radius 3 is 2.76 bits per heavy atom. The van der Waals surface area contributed by atoms with Gasteiger partial charge in [0.1, 0.15) is 15.9 Å². The summed E-state index contributed by atoms with van der Waals surface area (Å²) >= 11 is 6.21. The molecule has 0 amide bonds. The first-order valence-corrected chi connectivity index (χ1v) is 9.87. The van der Waals surface area contributed by atoms with Crippen molar-refractivity contribution in [1.82, 2.24) is 24.1 Å². The minimum absolute atomic E-state index is 0.0830. The average Bonchev–Trinajstić information content (AvgIpc) is 3.25. The number of aromatic nitrogens is 4. The maximum atomic E-state index is 13.2. The number of para-hydroxylation sites is 2. The molecule has 0 aliphatic carbocycles. The van der Waals surface area contributed by atoms with Crippen LogP contribution in [0.3, 0.4) is 0 Å². The molecule has 1 saturated heterocycles. The normalized spacial score (nSPS) is 19.1. The van der Waals surface area contributed by atoms with Gasteiger partial charge < -0.3 is 4.98 Å². The first-order valence-electron chi connectivity index (χ1n) is 8.05. The van der Waals surface area contributed by atoms with E-state index in [1.54, 1.807) is 14.0 Å². The van der Waals surface area contributed by atoms with Gasteiger partial charge in [-0.3, -0.25) is 4.68 Å². The number of benzene rings is 1. The van der Waals surface area contributed by atoms with Crippen LogP contribution in [0.2, 0.25) is 5.15 Å². The molecule has 4 rings (SSSR count). The van der Waals surface area contributed by atoms with Crippen molar-refractivity contribution in [1.29, 1.82) is 0 Å². The summed E-state index contributed by atoms with van der Waals surface area (Å²) in [5, 5.41) is 4.27. The number of hydrogen-bond acceptors (Lipinski definition) is 4. The SMILES string of the molecule is Cc1nn(C)c(Cl)c1S(=O)(=O)N1CCCC1c1nc2ccccc2[nH]1. The highest BCUT2D eigenvalue weighted by molar-refractivity contribution is 7.89. The Morgan fingerprint density at radius 1 is 1.32 bits per heavy atom. The summed E-state index contributed by atoms with van der Waals surface area (Å²) in [6.07, 6.45) is 1.49. The van der Waals surface area contributed by atoms with Crippen molar-refractivity contribution in [2.24, 2.45) is 7.05 Å². The first kappa shape index (κ1) is 16.6. The Hall–Kier alpha value is -1.90. The third-order valence-corrected chi connectivity index (χ3v) is 7.20. The van der Waals surface area contributed by atoms with Gasteiger partial charge in [0, 0.05) is 13.6 Å². The number of hydrogen-bond donors (Lipinski definition) is 1. The predicted molar refractivity (Wildman–Crippen MR) is 94.9 cm³/mol. The molecule has 3 heterocycles. The third kappa shape index (κ3) is 2.56. The highest BCUT2D eigenvalue weighted by Crippen LogP contribution is 2.38. The minimum atomic E-state index is -3.76. The lowest BCUT2D eigenvalue weighted by atomic mass is 10.2. The molecule has 1 aliphatic heterocycles. The Morgan fingerprint density at radius 2 is 2.08 bits per heavy atom. The maximum Gasteiger partial charge on any atom is 0.248 e. The van der Waals surface area contributed by atoms with Gasteiger partial charge >= 0.3 is 0 Å². The molecule has 9 heteroatoms. The van der Waals surface area contributed by atoms with Crippen LogP contribution in [0.25, 0.3) is 11.0 Å². The summed E-state index contributed by atoms with van der Waals surface area (Å²) in [6.45, 7) is 2.10. The molecule has 0 spiro atoms. The van der Waals surface area contributed by atoms with E-state index in [9.17, 15) is 8.42 Å². The molecule has 0 bridgehead atoms. The van der Waals surface area contributed by atoms with Crippen molar-refractivity contribution in [3.05, 3.63) is 40.9 Å². The predicted octanol–water partition coefficient (Wildman–Crippen LogP) is 2.78. The average molecular weight is 380 g/mol.